The molecule has 1 aromatic carbocycles. The Bertz CT molecular complexity index is 544. The number of carbonyl (C=O) groups is 2. The highest BCUT2D eigenvalue weighted by atomic mass is 35.5. The van der Waals surface area contributed by atoms with Crippen molar-refractivity contribution in [3.05, 3.63) is 35.6 Å². The highest BCUT2D eigenvalue weighted by Gasteiger charge is 2.27. The third-order valence-electron chi connectivity index (χ3n) is 3.45. The van der Waals surface area contributed by atoms with E-state index in [1.165, 1.54) is 24.3 Å². The average molecular weight is 346 g/mol. The van der Waals surface area contributed by atoms with E-state index >= 15 is 0 Å². The summed E-state index contributed by atoms with van der Waals surface area (Å²) in [5.74, 6) is -0.939. The molecule has 2 rings (SSSR count). The van der Waals surface area contributed by atoms with Gasteiger partial charge in [-0.15, -0.1) is 12.4 Å². The fraction of sp³-hybridized carbons (Fsp3) is 0.467. The van der Waals surface area contributed by atoms with Crippen molar-refractivity contribution in [1.29, 1.82) is 0 Å². The molecule has 1 aromatic rings. The van der Waals surface area contributed by atoms with Gasteiger partial charge in [-0.3, -0.25) is 9.59 Å². The fourth-order valence-electron chi connectivity index (χ4n) is 2.27. The van der Waals surface area contributed by atoms with Crippen LogP contribution in [0.3, 0.4) is 0 Å². The van der Waals surface area contributed by atoms with E-state index in [0.717, 1.165) is 0 Å². The van der Waals surface area contributed by atoms with Crippen LogP contribution < -0.4 is 16.0 Å². The molecule has 128 valence electrons. The van der Waals surface area contributed by atoms with Gasteiger partial charge in [0.25, 0.3) is 5.91 Å². The highest BCUT2D eigenvalue weighted by molar-refractivity contribution is 5.94. The minimum absolute atomic E-state index is 0. The largest absolute Gasteiger partial charge is 0.392 e. The molecule has 4 N–H and O–H groups in total. The van der Waals surface area contributed by atoms with E-state index in [1.807, 2.05) is 0 Å². The lowest BCUT2D eigenvalue weighted by atomic mass is 10.2. The van der Waals surface area contributed by atoms with Gasteiger partial charge in [-0.25, -0.2) is 4.39 Å². The molecule has 1 aliphatic heterocycles. The molecular formula is C15H21ClFN3O3. The lowest BCUT2D eigenvalue weighted by molar-refractivity contribution is -0.122. The summed E-state index contributed by atoms with van der Waals surface area (Å²) in [6.45, 7) is 1.24. The van der Waals surface area contributed by atoms with Crippen LogP contribution in [0.1, 0.15) is 23.2 Å². The second-order valence-corrected chi connectivity index (χ2v) is 5.26. The van der Waals surface area contributed by atoms with Crippen molar-refractivity contribution in [2.75, 3.05) is 19.6 Å². The Balaban J connectivity index is 0.00000264. The highest BCUT2D eigenvalue weighted by Crippen LogP contribution is 2.06. The van der Waals surface area contributed by atoms with E-state index in [9.17, 15) is 19.1 Å². The van der Waals surface area contributed by atoms with Crippen molar-refractivity contribution in [3.8, 4) is 0 Å². The first kappa shape index (κ1) is 19.3. The SMILES string of the molecule is Cl.O=C(NCCCNC(=O)C1CC(O)CN1)c1cccc(F)c1. The van der Waals surface area contributed by atoms with Crippen molar-refractivity contribution in [2.45, 2.75) is 25.0 Å². The summed E-state index contributed by atoms with van der Waals surface area (Å²) < 4.78 is 13.0. The second-order valence-electron chi connectivity index (χ2n) is 5.26. The van der Waals surface area contributed by atoms with Gasteiger partial charge >= 0.3 is 0 Å². The number of hydrogen-bond acceptors (Lipinski definition) is 4. The number of carbonyl (C=O) groups excluding carboxylic acids is 2. The van der Waals surface area contributed by atoms with Gasteiger partial charge in [0.15, 0.2) is 0 Å². The molecule has 1 heterocycles. The average Bonchev–Trinajstić information content (AvgIpc) is 2.93. The number of aliphatic hydroxyl groups excluding tert-OH is 1. The molecule has 8 heteroatoms. The molecule has 6 nitrogen and oxygen atoms in total. The van der Waals surface area contributed by atoms with Gasteiger partial charge in [-0.1, -0.05) is 6.07 Å². The fourth-order valence-corrected chi connectivity index (χ4v) is 2.27. The summed E-state index contributed by atoms with van der Waals surface area (Å²) in [5.41, 5.74) is 0.271. The zero-order valence-corrected chi connectivity index (χ0v) is 13.4. The standard InChI is InChI=1S/C15H20FN3O3.ClH/c16-11-4-1-3-10(7-11)14(21)17-5-2-6-18-15(22)13-8-12(20)9-19-13;/h1,3-4,7,12-13,19-20H,2,5-6,8-9H2,(H,17,21)(H,18,22);1H. The summed E-state index contributed by atoms with van der Waals surface area (Å²) in [7, 11) is 0. The molecule has 1 aliphatic rings. The number of β-amino-alcohol motifs (C(OH)–C–C–N with tert-alkyl or cyclic N) is 1. The van der Waals surface area contributed by atoms with Crippen LogP contribution in [-0.2, 0) is 4.79 Å². The van der Waals surface area contributed by atoms with E-state index < -0.39 is 11.9 Å². The van der Waals surface area contributed by atoms with E-state index in [0.29, 0.717) is 32.5 Å². The summed E-state index contributed by atoms with van der Waals surface area (Å²) >= 11 is 0. The lowest BCUT2D eigenvalue weighted by Crippen LogP contribution is -2.41. The number of nitrogens with one attached hydrogen (secondary N) is 3. The number of benzene rings is 1. The maximum atomic E-state index is 13.0. The summed E-state index contributed by atoms with van der Waals surface area (Å²) in [4.78, 5) is 23.5. The molecule has 2 atom stereocenters. The Morgan fingerprint density at radius 1 is 1.30 bits per heavy atom. The molecule has 0 spiro atoms. The van der Waals surface area contributed by atoms with E-state index in [-0.39, 0.29) is 35.8 Å². The molecule has 2 unspecified atom stereocenters. The van der Waals surface area contributed by atoms with Gasteiger partial charge in [0.1, 0.15) is 5.82 Å². The Kier molecular flexibility index (Phi) is 7.94. The maximum Gasteiger partial charge on any atom is 0.251 e. The van der Waals surface area contributed by atoms with Gasteiger partial charge < -0.3 is 21.1 Å². The summed E-state index contributed by atoms with van der Waals surface area (Å²) in [5, 5.41) is 17.7. The van der Waals surface area contributed by atoms with Crippen LogP contribution in [0.5, 0.6) is 0 Å². The first-order valence-electron chi connectivity index (χ1n) is 7.29. The molecule has 0 aromatic heterocycles. The Hall–Kier alpha value is -1.70. The van der Waals surface area contributed by atoms with Crippen LogP contribution in [0.4, 0.5) is 4.39 Å². The minimum Gasteiger partial charge on any atom is -0.392 e. The van der Waals surface area contributed by atoms with Crippen LogP contribution >= 0.6 is 12.4 Å². The maximum absolute atomic E-state index is 13.0. The quantitative estimate of drug-likeness (QED) is 0.555. The molecule has 0 bridgehead atoms. The predicted octanol–water partition coefficient (Wildman–Crippen LogP) is 0.206. The Morgan fingerprint density at radius 3 is 2.70 bits per heavy atom. The van der Waals surface area contributed by atoms with Gasteiger partial charge in [-0.05, 0) is 31.0 Å². The summed E-state index contributed by atoms with van der Waals surface area (Å²) in [6.07, 6.45) is 0.519. The molecule has 23 heavy (non-hydrogen) atoms. The van der Waals surface area contributed by atoms with Crippen molar-refractivity contribution in [3.63, 3.8) is 0 Å². The number of hydrogen-bond donors (Lipinski definition) is 4. The van der Waals surface area contributed by atoms with E-state index in [2.05, 4.69) is 16.0 Å². The van der Waals surface area contributed by atoms with Crippen molar-refractivity contribution in [2.24, 2.45) is 0 Å². The molecular weight excluding hydrogens is 325 g/mol. The Labute approximate surface area is 140 Å². The van der Waals surface area contributed by atoms with Crippen LogP contribution in [0.2, 0.25) is 0 Å². The van der Waals surface area contributed by atoms with E-state index in [1.54, 1.807) is 0 Å². The number of rotatable bonds is 6. The topological polar surface area (TPSA) is 90.5 Å². The molecule has 1 fully saturated rings. The first-order chi connectivity index (χ1) is 10.6. The third kappa shape index (κ3) is 6.13. The van der Waals surface area contributed by atoms with Crippen LogP contribution in [0, 0.1) is 5.82 Å². The molecule has 0 saturated carbocycles. The molecule has 2 amide bonds. The van der Waals surface area contributed by atoms with E-state index in [4.69, 9.17) is 0 Å². The predicted molar refractivity (Wildman–Crippen MR) is 86.0 cm³/mol. The monoisotopic (exact) mass is 345 g/mol. The zero-order valence-electron chi connectivity index (χ0n) is 12.5. The van der Waals surface area contributed by atoms with Crippen LogP contribution in [-0.4, -0.2) is 48.7 Å². The Morgan fingerprint density at radius 2 is 2.04 bits per heavy atom. The smallest absolute Gasteiger partial charge is 0.251 e. The normalized spacial score (nSPS) is 19.7. The van der Waals surface area contributed by atoms with Gasteiger partial charge in [0.05, 0.1) is 12.1 Å². The van der Waals surface area contributed by atoms with Crippen LogP contribution in [0.25, 0.3) is 0 Å². The van der Waals surface area contributed by atoms with Crippen molar-refractivity contribution >= 4 is 24.2 Å². The number of halogens is 2. The van der Waals surface area contributed by atoms with Gasteiger partial charge in [0.2, 0.25) is 5.91 Å². The lowest BCUT2D eigenvalue weighted by Gasteiger charge is -2.11. The molecule has 1 saturated heterocycles. The molecule has 0 aliphatic carbocycles. The molecule has 0 radical (unpaired) electrons. The first-order valence-corrected chi connectivity index (χ1v) is 7.29. The summed E-state index contributed by atoms with van der Waals surface area (Å²) in [6, 6.07) is 5.12. The van der Waals surface area contributed by atoms with Crippen molar-refractivity contribution < 1.29 is 19.1 Å². The van der Waals surface area contributed by atoms with Gasteiger partial charge in [-0.2, -0.15) is 0 Å². The number of aliphatic hydroxyl groups is 1. The third-order valence-corrected chi connectivity index (χ3v) is 3.45. The number of amides is 2. The van der Waals surface area contributed by atoms with Gasteiger partial charge in [0, 0.05) is 25.2 Å². The van der Waals surface area contributed by atoms with Crippen molar-refractivity contribution in [1.82, 2.24) is 16.0 Å². The van der Waals surface area contributed by atoms with Crippen LogP contribution in [0.15, 0.2) is 24.3 Å². The minimum atomic E-state index is -0.471. The zero-order chi connectivity index (χ0) is 15.9. The second kappa shape index (κ2) is 9.44.